The van der Waals surface area contributed by atoms with Gasteiger partial charge in [-0.25, -0.2) is 17.6 Å². The first-order valence-electron chi connectivity index (χ1n) is 7.98. The molecule has 0 unspecified atom stereocenters. The molecule has 9 heteroatoms. The number of esters is 1. The van der Waals surface area contributed by atoms with E-state index in [2.05, 4.69) is 0 Å². The Morgan fingerprint density at radius 1 is 1.22 bits per heavy atom. The monoisotopic (exact) mass is 389 g/mol. The van der Waals surface area contributed by atoms with E-state index in [1.165, 1.54) is 38.4 Å². The van der Waals surface area contributed by atoms with Gasteiger partial charge in [-0.3, -0.25) is 4.31 Å². The van der Waals surface area contributed by atoms with Crippen LogP contribution >= 0.6 is 0 Å². The molecule has 140 valence electrons. The lowest BCUT2D eigenvalue weighted by atomic mass is 9.91. The molecule has 0 amide bonds. The number of methoxy groups -OCH3 is 1. The number of sulfonamides is 1. The third kappa shape index (κ3) is 3.42. The maximum atomic E-state index is 13.3. The normalized spacial score (nSPS) is 11.6. The number of anilines is 1. The van der Waals surface area contributed by atoms with Gasteiger partial charge in [0, 0.05) is 29.8 Å². The minimum atomic E-state index is -3.47. The first kappa shape index (κ1) is 19.0. The summed E-state index contributed by atoms with van der Waals surface area (Å²) in [6.07, 6.45) is 1.10. The van der Waals surface area contributed by atoms with E-state index < -0.39 is 21.8 Å². The van der Waals surface area contributed by atoms with Gasteiger partial charge < -0.3 is 9.15 Å². The summed E-state index contributed by atoms with van der Waals surface area (Å²) in [5, 5.41) is 0.490. The smallest absolute Gasteiger partial charge is 0.342 e. The largest absolute Gasteiger partial charge is 0.465 e. The summed E-state index contributed by atoms with van der Waals surface area (Å²) in [5.74, 6) is -0.783. The zero-order chi connectivity index (χ0) is 19.9. The lowest BCUT2D eigenvalue weighted by Gasteiger charge is -2.19. The summed E-state index contributed by atoms with van der Waals surface area (Å²) in [4.78, 5) is 12.4. The van der Waals surface area contributed by atoms with Crippen molar-refractivity contribution in [3.8, 4) is 11.3 Å². The van der Waals surface area contributed by atoms with Gasteiger partial charge in [0.1, 0.15) is 30.6 Å². The average Bonchev–Trinajstić information content (AvgIpc) is 2.97. The second kappa shape index (κ2) is 6.73. The van der Waals surface area contributed by atoms with Crippen molar-refractivity contribution >= 4 is 46.0 Å². The highest BCUT2D eigenvalue weighted by Crippen LogP contribution is 2.35. The fourth-order valence-corrected chi connectivity index (χ4v) is 3.42. The summed E-state index contributed by atoms with van der Waals surface area (Å²) in [7, 11) is 0.966. The quantitative estimate of drug-likeness (QED) is 0.501. The van der Waals surface area contributed by atoms with Crippen LogP contribution < -0.4 is 9.77 Å². The SMILES string of the molecule is Bc1cc2c(C(=O)OC)c(-c3ccc(F)cc3)oc2cc1N(C)S(C)(=O)=O. The molecule has 6 nitrogen and oxygen atoms in total. The molecule has 2 aromatic carbocycles. The summed E-state index contributed by atoms with van der Waals surface area (Å²) in [6, 6.07) is 8.75. The second-order valence-corrected chi connectivity index (χ2v) is 8.18. The van der Waals surface area contributed by atoms with E-state index in [4.69, 9.17) is 9.15 Å². The standard InChI is InChI=1S/C18H17BFNO5S/c1-21(27(3,23)24)14-9-15-12(8-13(14)19)16(18(22)25-2)17(26-15)10-4-6-11(20)7-5-10/h4-9H,19H2,1-3H3. The Labute approximate surface area is 157 Å². The van der Waals surface area contributed by atoms with Crippen LogP contribution in [-0.4, -0.2) is 42.6 Å². The van der Waals surface area contributed by atoms with Gasteiger partial charge in [-0.15, -0.1) is 0 Å². The molecule has 1 heterocycles. The number of ether oxygens (including phenoxy) is 1. The van der Waals surface area contributed by atoms with Crippen LogP contribution in [0.5, 0.6) is 0 Å². The number of benzene rings is 2. The van der Waals surface area contributed by atoms with Crippen molar-refractivity contribution in [2.24, 2.45) is 0 Å². The molecule has 1 aromatic heterocycles. The highest BCUT2D eigenvalue weighted by molar-refractivity contribution is 7.92. The van der Waals surface area contributed by atoms with E-state index in [0.29, 0.717) is 27.7 Å². The van der Waals surface area contributed by atoms with Gasteiger partial charge in [0.15, 0.2) is 0 Å². The molecule has 0 fully saturated rings. The fourth-order valence-electron chi connectivity index (χ4n) is 2.87. The molecular weight excluding hydrogens is 372 g/mol. The molecule has 0 N–H and O–H groups in total. The van der Waals surface area contributed by atoms with Crippen molar-refractivity contribution in [1.82, 2.24) is 0 Å². The molecule has 0 bridgehead atoms. The number of carbonyl (C=O) groups excluding carboxylic acids is 1. The van der Waals surface area contributed by atoms with Gasteiger partial charge in [-0.1, -0.05) is 11.5 Å². The van der Waals surface area contributed by atoms with Crippen molar-refractivity contribution in [3.05, 3.63) is 47.8 Å². The maximum absolute atomic E-state index is 13.3. The van der Waals surface area contributed by atoms with E-state index >= 15 is 0 Å². The zero-order valence-electron chi connectivity index (χ0n) is 15.2. The van der Waals surface area contributed by atoms with Gasteiger partial charge >= 0.3 is 5.97 Å². The predicted molar refractivity (Wildman–Crippen MR) is 104 cm³/mol. The van der Waals surface area contributed by atoms with Crippen LogP contribution in [0, 0.1) is 5.82 Å². The molecule has 0 radical (unpaired) electrons. The van der Waals surface area contributed by atoms with Gasteiger partial charge in [-0.2, -0.15) is 0 Å². The molecule has 0 aliphatic heterocycles. The van der Waals surface area contributed by atoms with E-state index in [-0.39, 0.29) is 11.3 Å². The van der Waals surface area contributed by atoms with Crippen molar-refractivity contribution < 1.29 is 26.8 Å². The van der Waals surface area contributed by atoms with Crippen molar-refractivity contribution in [2.45, 2.75) is 0 Å². The zero-order valence-corrected chi connectivity index (χ0v) is 16.1. The Hall–Kier alpha value is -2.81. The molecule has 0 saturated heterocycles. The van der Waals surface area contributed by atoms with Gasteiger partial charge in [-0.05, 0) is 24.3 Å². The lowest BCUT2D eigenvalue weighted by Crippen LogP contribution is -2.29. The minimum Gasteiger partial charge on any atom is -0.465 e. The molecule has 0 saturated carbocycles. The topological polar surface area (TPSA) is 76.8 Å². The van der Waals surface area contributed by atoms with Crippen LogP contribution in [0.15, 0.2) is 40.8 Å². The van der Waals surface area contributed by atoms with E-state index in [9.17, 15) is 17.6 Å². The number of halogens is 1. The summed E-state index contributed by atoms with van der Waals surface area (Å²) < 4.78 is 48.9. The molecule has 0 aliphatic rings. The molecule has 0 aliphatic carbocycles. The molecule has 0 atom stereocenters. The van der Waals surface area contributed by atoms with Crippen LogP contribution in [0.1, 0.15) is 10.4 Å². The van der Waals surface area contributed by atoms with Crippen molar-refractivity contribution in [1.29, 1.82) is 0 Å². The third-order valence-corrected chi connectivity index (χ3v) is 5.53. The minimum absolute atomic E-state index is 0.204. The highest BCUT2D eigenvalue weighted by Gasteiger charge is 2.25. The molecule has 27 heavy (non-hydrogen) atoms. The fraction of sp³-hybridized carbons (Fsp3) is 0.167. The number of fused-ring (bicyclic) bond motifs is 1. The van der Waals surface area contributed by atoms with E-state index in [1.54, 1.807) is 20.0 Å². The second-order valence-electron chi connectivity index (χ2n) is 6.17. The number of hydrogen-bond acceptors (Lipinski definition) is 5. The molecular formula is C18H17BFNO5S. The first-order valence-corrected chi connectivity index (χ1v) is 9.83. The Bertz CT molecular complexity index is 1140. The Balaban J connectivity index is 2.30. The summed E-state index contributed by atoms with van der Waals surface area (Å²) >= 11 is 0. The van der Waals surface area contributed by atoms with Gasteiger partial charge in [0.05, 0.1) is 13.4 Å². The number of nitrogens with zero attached hydrogens (tertiary/aromatic N) is 1. The van der Waals surface area contributed by atoms with Crippen LogP contribution in [0.2, 0.25) is 0 Å². The Morgan fingerprint density at radius 3 is 2.41 bits per heavy atom. The van der Waals surface area contributed by atoms with Gasteiger partial charge in [0.2, 0.25) is 10.0 Å². The lowest BCUT2D eigenvalue weighted by molar-refractivity contribution is 0.0603. The molecule has 0 spiro atoms. The number of rotatable bonds is 4. The Kier molecular flexibility index (Phi) is 4.73. The third-order valence-electron chi connectivity index (χ3n) is 4.34. The van der Waals surface area contributed by atoms with E-state index in [0.717, 1.165) is 10.6 Å². The number of carbonyl (C=O) groups is 1. The van der Waals surface area contributed by atoms with Crippen LogP contribution in [0.25, 0.3) is 22.3 Å². The first-order chi connectivity index (χ1) is 12.6. The average molecular weight is 389 g/mol. The summed E-state index contributed by atoms with van der Waals surface area (Å²) in [6.45, 7) is 0. The number of hydrogen-bond donors (Lipinski definition) is 0. The van der Waals surface area contributed by atoms with Crippen molar-refractivity contribution in [3.63, 3.8) is 0 Å². The maximum Gasteiger partial charge on any atom is 0.342 e. The predicted octanol–water partition coefficient (Wildman–Crippen LogP) is 1.68. The highest BCUT2D eigenvalue weighted by atomic mass is 32.2. The van der Waals surface area contributed by atoms with E-state index in [1.807, 2.05) is 0 Å². The van der Waals surface area contributed by atoms with Gasteiger partial charge in [0.25, 0.3) is 0 Å². The van der Waals surface area contributed by atoms with Crippen LogP contribution in [0.4, 0.5) is 10.1 Å². The summed E-state index contributed by atoms with van der Waals surface area (Å²) in [5.41, 5.74) is 2.11. The molecule has 3 aromatic rings. The van der Waals surface area contributed by atoms with Crippen molar-refractivity contribution in [2.75, 3.05) is 24.7 Å². The Morgan fingerprint density at radius 2 is 1.85 bits per heavy atom. The van der Waals surface area contributed by atoms with Crippen LogP contribution in [0.3, 0.4) is 0 Å². The van der Waals surface area contributed by atoms with Crippen LogP contribution in [-0.2, 0) is 14.8 Å². The molecule has 3 rings (SSSR count). The number of furan rings is 1.